The van der Waals surface area contributed by atoms with Crippen LogP contribution in [0.5, 0.6) is 0 Å². The number of imidazole rings is 2. The number of nitrogen functional groups attached to an aromatic ring is 3. The highest BCUT2D eigenvalue weighted by Gasteiger charge is 2.21. The quantitative estimate of drug-likeness (QED) is 0.0104. The maximum atomic E-state index is 11.6. The normalized spacial score (nSPS) is 10.8. The number of pyridine rings is 6. The maximum Gasteiger partial charge on any atom is 0.428 e. The van der Waals surface area contributed by atoms with Gasteiger partial charge in [-0.1, -0.05) is 11.6 Å². The third kappa shape index (κ3) is 45.3. The first kappa shape index (κ1) is 100. The molecule has 0 bridgehead atoms. The van der Waals surface area contributed by atoms with Gasteiger partial charge in [-0.3, -0.25) is 15.5 Å². The number of anilines is 2. The second-order valence-electron chi connectivity index (χ2n) is 28.1. The molecule has 10 aromatic heterocycles. The molecule has 0 aliphatic heterocycles. The van der Waals surface area contributed by atoms with Crippen molar-refractivity contribution in [2.24, 2.45) is 5.34 Å². The number of halogens is 1. The van der Waals surface area contributed by atoms with Gasteiger partial charge >= 0.3 is 36.2 Å². The van der Waals surface area contributed by atoms with Gasteiger partial charge in [-0.2, -0.15) is 0 Å². The van der Waals surface area contributed by atoms with Gasteiger partial charge < -0.3 is 70.8 Å². The van der Waals surface area contributed by atoms with Crippen LogP contribution < -0.4 is 49.8 Å². The van der Waals surface area contributed by atoms with Crippen LogP contribution in [-0.2, 0) is 42.7 Å². The molecule has 0 aliphatic rings. The second kappa shape index (κ2) is 49.5. The van der Waals surface area contributed by atoms with Crippen LogP contribution in [0.4, 0.5) is 41.2 Å². The Kier molecular flexibility index (Phi) is 43.1. The summed E-state index contributed by atoms with van der Waals surface area (Å²) in [4.78, 5) is 113. The SMILES string of the molecule is CC(C)(C)OC(=O)NNc1ncccc1N.CC(C)(C)OC(=O)Nn1cnc2cccnc21.CC(C)(C)OC(=O)Nn1nnc2cccnc21.CC(C)(C)ON=O.CCOC(OCC)OCC.CNC(=O)OC(C)(C)C.CNC(=O)OC(C)(C)C.Nn1cnc2cccnc21.Nn1nnc2cccnc21.O=[N+]([O-])c1cccnc1Cl. The molecule has 10 rings (SSSR count). The smallest absolute Gasteiger partial charge is 0.428 e. The summed E-state index contributed by atoms with van der Waals surface area (Å²) in [6.45, 7) is 39.4. The van der Waals surface area contributed by atoms with E-state index in [1.165, 1.54) is 59.2 Å². The van der Waals surface area contributed by atoms with Gasteiger partial charge in [0, 0.05) is 77.2 Å². The molecule has 0 unspecified atom stereocenters. The first-order valence-electron chi connectivity index (χ1n) is 34.9. The Morgan fingerprint density at radius 2 is 0.887 bits per heavy atom. The minimum Gasteiger partial charge on any atom is -0.444 e. The molecule has 0 aromatic carbocycles. The van der Waals surface area contributed by atoms with Gasteiger partial charge in [0.25, 0.3) is 6.48 Å². The summed E-state index contributed by atoms with van der Waals surface area (Å²) in [5.74, 6) is 11.2. The van der Waals surface area contributed by atoms with E-state index in [0.29, 0.717) is 70.5 Å². The van der Waals surface area contributed by atoms with Crippen LogP contribution >= 0.6 is 11.6 Å². The average molecular weight is 1640 g/mol. The Bertz CT molecular complexity index is 4330. The van der Waals surface area contributed by atoms with E-state index in [1.807, 2.05) is 80.5 Å². The lowest BCUT2D eigenvalue weighted by molar-refractivity contribution is -0.385. The number of hydrogen-bond acceptors (Lipinski definition) is 34. The lowest BCUT2D eigenvalue weighted by atomic mass is 10.2. The summed E-state index contributed by atoms with van der Waals surface area (Å²) < 4.78 is 43.0. The van der Waals surface area contributed by atoms with E-state index >= 15 is 0 Å². The van der Waals surface area contributed by atoms with Crippen molar-refractivity contribution in [2.75, 3.05) is 67.6 Å². The van der Waals surface area contributed by atoms with Crippen LogP contribution in [0.15, 0.2) is 128 Å². The zero-order valence-electron chi connectivity index (χ0n) is 68.8. The number of hydrogen-bond donors (Lipinski definition) is 9. The van der Waals surface area contributed by atoms with Crippen LogP contribution in [0.2, 0.25) is 5.15 Å². The van der Waals surface area contributed by atoms with Crippen molar-refractivity contribution in [3.05, 3.63) is 143 Å². The third-order valence-corrected chi connectivity index (χ3v) is 11.5. The Balaban J connectivity index is 0.000000647. The van der Waals surface area contributed by atoms with Crippen molar-refractivity contribution < 1.29 is 71.6 Å². The summed E-state index contributed by atoms with van der Waals surface area (Å²) in [6.07, 6.45) is 10.1. The second-order valence-corrected chi connectivity index (χ2v) is 28.5. The number of hydrazine groups is 1. The molecule has 10 heterocycles. The number of rotatable bonds is 12. The largest absolute Gasteiger partial charge is 0.444 e. The molecule has 0 saturated heterocycles. The van der Waals surface area contributed by atoms with Crippen LogP contribution in [0, 0.1) is 15.0 Å². The van der Waals surface area contributed by atoms with Crippen LogP contribution in [0.1, 0.15) is 145 Å². The van der Waals surface area contributed by atoms with E-state index < -0.39 is 52.1 Å². The van der Waals surface area contributed by atoms with Crippen molar-refractivity contribution in [1.29, 1.82) is 0 Å². The molecule has 5 amide bonds. The number of amides is 5. The molecule has 45 heteroatoms. The number of alkyl carbamates (subject to hydrolysis) is 2. The molecule has 12 N–H and O–H groups in total. The highest BCUT2D eigenvalue weighted by Crippen LogP contribution is 2.20. The summed E-state index contributed by atoms with van der Waals surface area (Å²) in [5, 5.41) is 31.9. The van der Waals surface area contributed by atoms with Gasteiger partial charge in [0.1, 0.15) is 68.3 Å². The topological polar surface area (TPSA) is 566 Å². The Morgan fingerprint density at radius 1 is 0.496 bits per heavy atom. The fraction of sp³-hybridized carbons (Fsp3) is 0.471. The molecule has 44 nitrogen and oxygen atoms in total. The van der Waals surface area contributed by atoms with Crippen LogP contribution in [0.25, 0.3) is 44.7 Å². The van der Waals surface area contributed by atoms with E-state index in [1.54, 1.807) is 157 Å². The molecule has 115 heavy (non-hydrogen) atoms. The van der Waals surface area contributed by atoms with Crippen molar-refractivity contribution in [2.45, 2.75) is 185 Å². The molecular formula is C70H108ClN27O17. The number of nitro groups is 1. The number of ether oxygens (including phenoxy) is 8. The fourth-order valence-electron chi connectivity index (χ4n) is 6.98. The average Bonchev–Trinajstić information content (AvgIpc) is 1.69. The van der Waals surface area contributed by atoms with Crippen molar-refractivity contribution in [3.63, 3.8) is 0 Å². The maximum absolute atomic E-state index is 11.6. The first-order valence-corrected chi connectivity index (χ1v) is 35.2. The predicted octanol–water partition coefficient (Wildman–Crippen LogP) is 11.2. The Labute approximate surface area is 669 Å². The molecule has 0 atom stereocenters. The van der Waals surface area contributed by atoms with Crippen molar-refractivity contribution >= 4 is 104 Å². The first-order chi connectivity index (χ1) is 53.6. The number of nitrogens with two attached hydrogens (primary N) is 3. The lowest BCUT2D eigenvalue weighted by Crippen LogP contribution is -2.36. The zero-order chi connectivity index (χ0) is 87.3. The molecule has 632 valence electrons. The fourth-order valence-corrected chi connectivity index (χ4v) is 7.17. The Morgan fingerprint density at radius 3 is 1.30 bits per heavy atom. The molecule has 0 aliphatic carbocycles. The molecule has 0 spiro atoms. The van der Waals surface area contributed by atoms with Gasteiger partial charge in [0.15, 0.2) is 22.5 Å². The van der Waals surface area contributed by atoms with Gasteiger partial charge in [-0.05, 0) is 223 Å². The van der Waals surface area contributed by atoms with E-state index in [4.69, 9.17) is 66.9 Å². The van der Waals surface area contributed by atoms with Gasteiger partial charge in [0.2, 0.25) is 16.4 Å². The lowest BCUT2D eigenvalue weighted by Gasteiger charge is -2.20. The third-order valence-electron chi connectivity index (χ3n) is 11.2. The summed E-state index contributed by atoms with van der Waals surface area (Å²) in [7, 11) is 3.07. The number of carbonyl (C=O) groups excluding carboxylic acids is 5. The monoisotopic (exact) mass is 1630 g/mol. The van der Waals surface area contributed by atoms with Gasteiger partial charge in [0.05, 0.1) is 10.6 Å². The van der Waals surface area contributed by atoms with Crippen LogP contribution in [0.3, 0.4) is 0 Å². The number of fused-ring (bicyclic) bond motifs is 4. The van der Waals surface area contributed by atoms with E-state index in [-0.39, 0.29) is 34.2 Å². The standard InChI is InChI=1S/C11H14N4O2.C10H13N5O2.C10H16N4O2.C7H16O3.C6H6N4.2C6H13NO2.C5H3ClN2O2.C5H5N5.C4H9NO2/c1-11(2,3)17-10(16)14-15-7-13-8-5-4-6-12-9(8)15;1-10(2,3)17-9(16)13-15-8-7(12-14-15)5-4-6-11-8;1-10(2,3)16-9(15)14-13-8-7(11)5-4-6-12-8;1-4-8-7(9-5-2)10-6-3;7-10-4-9-5-2-1-3-8-6(5)10;2*1-6(2,3)9-5(8)7-4;6-5-4(8(9)10)2-1-3-7-5;6-10-5-4(8-9-10)2-1-3-7-5;1-4(2,3)7-5-6/h4-7H,1-3H3,(H,14,16);4-6H,1-3H3,(H,13,16);4-6H,11H2,1-3H3,(H,12,13)(H,14,15);7H,4-6H2,1-3H3;1-4H,7H2;2*1-4H3,(H,7,8);1-3H;1-3H,6H2;1-3H3. The van der Waals surface area contributed by atoms with E-state index in [9.17, 15) is 39.0 Å². The predicted molar refractivity (Wildman–Crippen MR) is 431 cm³/mol. The van der Waals surface area contributed by atoms with Crippen LogP contribution in [-0.4, -0.2) is 189 Å². The van der Waals surface area contributed by atoms with Crippen molar-refractivity contribution in [3.8, 4) is 0 Å². The molecule has 0 radical (unpaired) electrons. The van der Waals surface area contributed by atoms with Gasteiger partial charge in [-0.15, -0.1) is 24.7 Å². The highest BCUT2D eigenvalue weighted by atomic mass is 35.5. The minimum absolute atomic E-state index is 0.0764. The van der Waals surface area contributed by atoms with E-state index in [2.05, 4.69) is 103 Å². The number of nitrogens with zero attached hydrogens (tertiary/aromatic N) is 18. The Hall–Kier alpha value is -12.8. The number of carbonyl (C=O) groups is 5. The minimum atomic E-state index is -0.602. The summed E-state index contributed by atoms with van der Waals surface area (Å²) >= 11 is 5.37. The van der Waals surface area contributed by atoms with Gasteiger partial charge in [-0.25, -0.2) is 89.5 Å². The van der Waals surface area contributed by atoms with Crippen molar-refractivity contribution in [1.82, 2.24) is 95.5 Å². The summed E-state index contributed by atoms with van der Waals surface area (Å²) in [5.41, 5.74) is 18.2. The molecular weight excluding hydrogens is 1530 g/mol. The molecule has 0 saturated carbocycles. The highest BCUT2D eigenvalue weighted by molar-refractivity contribution is 6.31. The number of aromatic nitrogens is 16. The summed E-state index contributed by atoms with van der Waals surface area (Å²) in [6, 6.07) is 20.5. The van der Waals surface area contributed by atoms with E-state index in [0.717, 1.165) is 10.3 Å². The zero-order valence-corrected chi connectivity index (χ0v) is 69.6. The molecule has 10 aromatic rings. The molecule has 0 fully saturated rings. The number of nitrogens with one attached hydrogen (secondary N) is 6.